The van der Waals surface area contributed by atoms with Crippen LogP contribution < -0.4 is 5.32 Å². The minimum Gasteiger partial charge on any atom is -0.478 e. The van der Waals surface area contributed by atoms with Crippen molar-refractivity contribution in [3.05, 3.63) is 60.2 Å². The zero-order chi connectivity index (χ0) is 21.1. The van der Waals surface area contributed by atoms with Gasteiger partial charge in [-0.15, -0.1) is 10.2 Å². The molecule has 8 nitrogen and oxygen atoms in total. The van der Waals surface area contributed by atoms with E-state index in [1.54, 1.807) is 12.1 Å². The van der Waals surface area contributed by atoms with Gasteiger partial charge in [0.2, 0.25) is 11.7 Å². The van der Waals surface area contributed by atoms with E-state index in [9.17, 15) is 9.59 Å². The molecular formula is C21H18N4O4S. The summed E-state index contributed by atoms with van der Waals surface area (Å²) in [5, 5.41) is 21.8. The minimum absolute atomic E-state index is 0.107. The molecule has 0 fully saturated rings. The van der Waals surface area contributed by atoms with E-state index < -0.39 is 5.97 Å². The second kappa shape index (κ2) is 8.42. The molecule has 0 spiro atoms. The summed E-state index contributed by atoms with van der Waals surface area (Å²) in [6.07, 6.45) is 0. The molecule has 0 aliphatic rings. The van der Waals surface area contributed by atoms with E-state index >= 15 is 0 Å². The molecule has 4 rings (SSSR count). The molecule has 0 unspecified atom stereocenters. The van der Waals surface area contributed by atoms with Gasteiger partial charge in [0.05, 0.1) is 11.3 Å². The van der Waals surface area contributed by atoms with Gasteiger partial charge in [-0.05, 0) is 37.3 Å². The molecule has 2 heterocycles. The third-order valence-corrected chi connectivity index (χ3v) is 5.37. The van der Waals surface area contributed by atoms with Gasteiger partial charge in [0, 0.05) is 17.6 Å². The number of carbonyl (C=O) groups excluding carboxylic acids is 1. The second-order valence-electron chi connectivity index (χ2n) is 6.42. The number of fused-ring (bicyclic) bond motifs is 1. The largest absolute Gasteiger partial charge is 0.478 e. The fraction of sp³-hybridized carbons (Fsp3) is 0.143. The molecule has 0 atom stereocenters. The number of nitrogens with zero attached hydrogens (tertiary/aromatic N) is 3. The lowest BCUT2D eigenvalue weighted by atomic mass is 10.2. The maximum atomic E-state index is 12.3. The van der Waals surface area contributed by atoms with Crippen molar-refractivity contribution in [2.45, 2.75) is 18.6 Å². The molecule has 0 radical (unpaired) electrons. The number of hydrogen-bond acceptors (Lipinski definition) is 6. The average Bonchev–Trinajstić information content (AvgIpc) is 3.35. The highest BCUT2D eigenvalue weighted by molar-refractivity contribution is 7.99. The van der Waals surface area contributed by atoms with Crippen LogP contribution in [0, 0.1) is 0 Å². The van der Waals surface area contributed by atoms with E-state index in [1.807, 2.05) is 41.8 Å². The fourth-order valence-corrected chi connectivity index (χ4v) is 3.81. The molecule has 9 heteroatoms. The Labute approximate surface area is 175 Å². The first-order chi connectivity index (χ1) is 14.5. The molecule has 152 valence electrons. The first kappa shape index (κ1) is 19.7. The Bertz CT molecular complexity index is 1200. The zero-order valence-electron chi connectivity index (χ0n) is 16.0. The van der Waals surface area contributed by atoms with Crippen molar-refractivity contribution in [2.24, 2.45) is 0 Å². The van der Waals surface area contributed by atoms with Gasteiger partial charge in [-0.1, -0.05) is 36.0 Å². The van der Waals surface area contributed by atoms with Crippen LogP contribution in [-0.2, 0) is 11.3 Å². The van der Waals surface area contributed by atoms with Crippen LogP contribution >= 0.6 is 11.8 Å². The number of rotatable bonds is 7. The maximum absolute atomic E-state index is 12.3. The van der Waals surface area contributed by atoms with Gasteiger partial charge in [0.25, 0.3) is 0 Å². The zero-order valence-corrected chi connectivity index (χ0v) is 16.8. The van der Waals surface area contributed by atoms with Gasteiger partial charge in [-0.3, -0.25) is 9.36 Å². The Morgan fingerprint density at radius 2 is 1.97 bits per heavy atom. The first-order valence-electron chi connectivity index (χ1n) is 9.23. The van der Waals surface area contributed by atoms with Crippen molar-refractivity contribution in [1.82, 2.24) is 14.8 Å². The van der Waals surface area contributed by atoms with Gasteiger partial charge in [0.15, 0.2) is 10.9 Å². The molecule has 0 aliphatic carbocycles. The summed E-state index contributed by atoms with van der Waals surface area (Å²) in [6, 6.07) is 15.7. The van der Waals surface area contributed by atoms with Gasteiger partial charge in [-0.2, -0.15) is 0 Å². The number of anilines is 1. The second-order valence-corrected chi connectivity index (χ2v) is 7.36. The molecule has 0 aliphatic heterocycles. The number of aromatic nitrogens is 3. The SMILES string of the molecule is CCn1c(SCC(=O)Nc2cccc(C(=O)O)c2)nnc1-c1cc2ccccc2o1. The van der Waals surface area contributed by atoms with Gasteiger partial charge >= 0.3 is 5.97 Å². The van der Waals surface area contributed by atoms with E-state index in [0.717, 1.165) is 11.0 Å². The highest BCUT2D eigenvalue weighted by atomic mass is 32.2. The number of amides is 1. The minimum atomic E-state index is -1.05. The lowest BCUT2D eigenvalue weighted by Crippen LogP contribution is -2.15. The van der Waals surface area contributed by atoms with Crippen LogP contribution in [0.2, 0.25) is 0 Å². The molecule has 2 aromatic heterocycles. The fourth-order valence-electron chi connectivity index (χ4n) is 3.01. The summed E-state index contributed by atoms with van der Waals surface area (Å²) in [5.41, 5.74) is 1.32. The van der Waals surface area contributed by atoms with Crippen molar-refractivity contribution in [3.63, 3.8) is 0 Å². The van der Waals surface area contributed by atoms with Gasteiger partial charge in [0.1, 0.15) is 5.58 Å². The summed E-state index contributed by atoms with van der Waals surface area (Å²) >= 11 is 1.25. The van der Waals surface area contributed by atoms with E-state index in [4.69, 9.17) is 9.52 Å². The topological polar surface area (TPSA) is 110 Å². The number of furan rings is 1. The third kappa shape index (κ3) is 4.06. The van der Waals surface area contributed by atoms with Crippen LogP contribution in [0.1, 0.15) is 17.3 Å². The standard InChI is InChI=1S/C21H18N4O4S/c1-2-25-19(17-11-13-6-3-4-9-16(13)29-17)23-24-21(25)30-12-18(26)22-15-8-5-7-14(10-15)20(27)28/h3-11H,2,12H2,1H3,(H,22,26)(H,27,28). The van der Waals surface area contributed by atoms with Gasteiger partial charge in [-0.25, -0.2) is 4.79 Å². The quantitative estimate of drug-likeness (QED) is 0.431. The lowest BCUT2D eigenvalue weighted by Gasteiger charge is -2.07. The Morgan fingerprint density at radius 1 is 1.13 bits per heavy atom. The monoisotopic (exact) mass is 422 g/mol. The Balaban J connectivity index is 1.47. The summed E-state index contributed by atoms with van der Waals surface area (Å²) in [4.78, 5) is 23.4. The number of carboxylic acid groups (broad SMARTS) is 1. The summed E-state index contributed by atoms with van der Waals surface area (Å²) in [7, 11) is 0. The number of carbonyl (C=O) groups is 2. The van der Waals surface area contributed by atoms with Crippen molar-refractivity contribution < 1.29 is 19.1 Å². The van der Waals surface area contributed by atoms with E-state index in [1.165, 1.54) is 23.9 Å². The summed E-state index contributed by atoms with van der Waals surface area (Å²) in [5.74, 6) is 0.0152. The number of aromatic carboxylic acids is 1. The predicted molar refractivity (Wildman–Crippen MR) is 114 cm³/mol. The molecule has 2 aromatic carbocycles. The number of benzene rings is 2. The van der Waals surface area contributed by atoms with Gasteiger partial charge < -0.3 is 14.8 Å². The third-order valence-electron chi connectivity index (χ3n) is 4.40. The number of nitrogens with one attached hydrogen (secondary N) is 1. The molecule has 0 bridgehead atoms. The highest BCUT2D eigenvalue weighted by Gasteiger charge is 2.18. The number of hydrogen-bond donors (Lipinski definition) is 2. The Kier molecular flexibility index (Phi) is 5.53. The van der Waals surface area contributed by atoms with Crippen molar-refractivity contribution >= 4 is 40.3 Å². The van der Waals surface area contributed by atoms with Crippen LogP contribution in [0.5, 0.6) is 0 Å². The molecular weight excluding hydrogens is 404 g/mol. The Hall–Kier alpha value is -3.59. The van der Waals surface area contributed by atoms with Crippen LogP contribution in [-0.4, -0.2) is 37.5 Å². The number of carboxylic acids is 1. The number of thioether (sulfide) groups is 1. The van der Waals surface area contributed by atoms with Crippen LogP contribution in [0.3, 0.4) is 0 Å². The van der Waals surface area contributed by atoms with Crippen LogP contribution in [0.4, 0.5) is 5.69 Å². The molecule has 2 N–H and O–H groups in total. The highest BCUT2D eigenvalue weighted by Crippen LogP contribution is 2.29. The van der Waals surface area contributed by atoms with E-state index in [2.05, 4.69) is 15.5 Å². The van der Waals surface area contributed by atoms with Crippen LogP contribution in [0.25, 0.3) is 22.6 Å². The smallest absolute Gasteiger partial charge is 0.335 e. The number of para-hydroxylation sites is 1. The predicted octanol–water partition coefficient (Wildman–Crippen LogP) is 4.14. The van der Waals surface area contributed by atoms with Crippen molar-refractivity contribution in [2.75, 3.05) is 11.1 Å². The molecule has 1 amide bonds. The maximum Gasteiger partial charge on any atom is 0.335 e. The lowest BCUT2D eigenvalue weighted by molar-refractivity contribution is -0.113. The average molecular weight is 422 g/mol. The van der Waals surface area contributed by atoms with Crippen molar-refractivity contribution in [1.29, 1.82) is 0 Å². The van der Waals surface area contributed by atoms with E-state index in [0.29, 0.717) is 29.0 Å². The molecule has 0 saturated carbocycles. The normalized spacial score (nSPS) is 11.0. The molecule has 4 aromatic rings. The first-order valence-corrected chi connectivity index (χ1v) is 10.2. The van der Waals surface area contributed by atoms with Crippen LogP contribution in [0.15, 0.2) is 64.2 Å². The molecule has 30 heavy (non-hydrogen) atoms. The van der Waals surface area contributed by atoms with Crippen molar-refractivity contribution in [3.8, 4) is 11.6 Å². The van der Waals surface area contributed by atoms with E-state index in [-0.39, 0.29) is 17.2 Å². The summed E-state index contributed by atoms with van der Waals surface area (Å²) < 4.78 is 7.77. The summed E-state index contributed by atoms with van der Waals surface area (Å²) in [6.45, 7) is 2.58. The molecule has 0 saturated heterocycles. The Morgan fingerprint density at radius 3 is 2.73 bits per heavy atom.